The number of hydrogen-bond acceptors (Lipinski definition) is 3. The number of aryl methyl sites for hydroxylation is 2. The van der Waals surface area contributed by atoms with E-state index in [4.69, 9.17) is 4.74 Å². The van der Waals surface area contributed by atoms with Gasteiger partial charge in [0, 0.05) is 37.9 Å². The summed E-state index contributed by atoms with van der Waals surface area (Å²) in [6.07, 6.45) is 7.99. The molecule has 1 N–H and O–H groups in total. The molecule has 1 aliphatic rings. The standard InChI is InChI=1S/C20H29N3O/c1-3-4-8-20-21-14-17(22-20)15-23-11-9-18(10-12-23)24-19-7-5-6-16(2)13-19/h5-7,13-14,18H,3-4,8-12,15H2,1-2H3,(H,21,22). The number of nitrogens with zero attached hydrogens (tertiary/aromatic N) is 2. The maximum Gasteiger partial charge on any atom is 0.119 e. The van der Waals surface area contributed by atoms with Crippen LogP contribution < -0.4 is 4.74 Å². The number of hydrogen-bond donors (Lipinski definition) is 1. The fraction of sp³-hybridized carbons (Fsp3) is 0.550. The topological polar surface area (TPSA) is 41.2 Å². The minimum absolute atomic E-state index is 0.338. The van der Waals surface area contributed by atoms with Gasteiger partial charge in [-0.25, -0.2) is 4.98 Å². The molecule has 4 heteroatoms. The van der Waals surface area contributed by atoms with Crippen molar-refractivity contribution in [2.45, 2.75) is 58.6 Å². The molecule has 0 amide bonds. The summed E-state index contributed by atoms with van der Waals surface area (Å²) in [7, 11) is 0. The molecule has 0 spiro atoms. The van der Waals surface area contributed by atoms with Crippen molar-refractivity contribution in [1.29, 1.82) is 0 Å². The van der Waals surface area contributed by atoms with Gasteiger partial charge in [-0.15, -0.1) is 0 Å². The normalized spacial score (nSPS) is 16.4. The highest BCUT2D eigenvalue weighted by Gasteiger charge is 2.21. The molecule has 1 aromatic carbocycles. The van der Waals surface area contributed by atoms with Gasteiger partial charge in [-0.2, -0.15) is 0 Å². The van der Waals surface area contributed by atoms with Gasteiger partial charge in [0.15, 0.2) is 0 Å². The Balaban J connectivity index is 1.44. The maximum absolute atomic E-state index is 6.14. The number of piperidine rings is 1. The van der Waals surface area contributed by atoms with Crippen LogP contribution in [0, 0.1) is 6.92 Å². The predicted octanol–water partition coefficient (Wildman–Crippen LogP) is 4.10. The summed E-state index contributed by atoms with van der Waals surface area (Å²) < 4.78 is 6.14. The lowest BCUT2D eigenvalue weighted by Gasteiger charge is -2.31. The number of benzene rings is 1. The fourth-order valence-electron chi connectivity index (χ4n) is 3.26. The van der Waals surface area contributed by atoms with Crippen LogP contribution in [0.25, 0.3) is 0 Å². The van der Waals surface area contributed by atoms with Crippen LogP contribution in [0.4, 0.5) is 0 Å². The molecule has 0 aliphatic carbocycles. The largest absolute Gasteiger partial charge is 0.490 e. The number of likely N-dealkylation sites (tertiary alicyclic amines) is 1. The van der Waals surface area contributed by atoms with Gasteiger partial charge in [0.05, 0.1) is 0 Å². The lowest BCUT2D eigenvalue weighted by molar-refractivity contribution is 0.0961. The third-order valence-electron chi connectivity index (χ3n) is 4.67. The first kappa shape index (κ1) is 17.0. The average molecular weight is 327 g/mol. The molecule has 0 bridgehead atoms. The second-order valence-electron chi connectivity index (χ2n) is 6.87. The zero-order chi connectivity index (χ0) is 16.8. The zero-order valence-electron chi connectivity index (χ0n) is 14.9. The van der Waals surface area contributed by atoms with Crippen LogP contribution >= 0.6 is 0 Å². The van der Waals surface area contributed by atoms with Gasteiger partial charge in [0.25, 0.3) is 0 Å². The van der Waals surface area contributed by atoms with E-state index in [-0.39, 0.29) is 0 Å². The van der Waals surface area contributed by atoms with Crippen LogP contribution in [-0.2, 0) is 13.0 Å². The molecule has 24 heavy (non-hydrogen) atoms. The van der Waals surface area contributed by atoms with E-state index in [0.29, 0.717) is 6.10 Å². The summed E-state index contributed by atoms with van der Waals surface area (Å²) in [5.41, 5.74) is 2.49. The van der Waals surface area contributed by atoms with E-state index in [2.05, 4.69) is 53.0 Å². The van der Waals surface area contributed by atoms with Crippen molar-refractivity contribution in [2.24, 2.45) is 0 Å². The molecule has 4 nitrogen and oxygen atoms in total. The van der Waals surface area contributed by atoms with Gasteiger partial charge in [0.1, 0.15) is 17.7 Å². The van der Waals surface area contributed by atoms with Gasteiger partial charge in [-0.1, -0.05) is 25.5 Å². The Hall–Kier alpha value is -1.81. The molecule has 1 aliphatic heterocycles. The van der Waals surface area contributed by atoms with Crippen LogP contribution in [0.3, 0.4) is 0 Å². The Labute approximate surface area is 145 Å². The molecule has 1 aromatic heterocycles. The number of aromatic nitrogens is 2. The number of H-pyrrole nitrogens is 1. The summed E-state index contributed by atoms with van der Waals surface area (Å²) >= 11 is 0. The molecule has 0 atom stereocenters. The number of unbranched alkanes of at least 4 members (excludes halogenated alkanes) is 1. The molecule has 1 saturated heterocycles. The van der Waals surface area contributed by atoms with Gasteiger partial charge < -0.3 is 9.72 Å². The Morgan fingerprint density at radius 3 is 2.88 bits per heavy atom. The summed E-state index contributed by atoms with van der Waals surface area (Å²) in [4.78, 5) is 10.5. The first-order valence-electron chi connectivity index (χ1n) is 9.21. The zero-order valence-corrected chi connectivity index (χ0v) is 14.9. The van der Waals surface area contributed by atoms with Crippen LogP contribution in [0.2, 0.25) is 0 Å². The van der Waals surface area contributed by atoms with Crippen LogP contribution in [0.1, 0.15) is 49.7 Å². The van der Waals surface area contributed by atoms with E-state index in [1.165, 1.54) is 24.1 Å². The number of nitrogens with one attached hydrogen (secondary N) is 1. The van der Waals surface area contributed by atoms with Crippen molar-refractivity contribution in [3.05, 3.63) is 47.5 Å². The monoisotopic (exact) mass is 327 g/mol. The highest BCUT2D eigenvalue weighted by Crippen LogP contribution is 2.20. The van der Waals surface area contributed by atoms with E-state index >= 15 is 0 Å². The summed E-state index contributed by atoms with van der Waals surface area (Å²) in [5, 5.41) is 0. The van der Waals surface area contributed by atoms with Crippen molar-refractivity contribution in [1.82, 2.24) is 14.9 Å². The molecule has 0 saturated carbocycles. The van der Waals surface area contributed by atoms with Crippen molar-refractivity contribution in [3.63, 3.8) is 0 Å². The third kappa shape index (κ3) is 4.84. The highest BCUT2D eigenvalue weighted by atomic mass is 16.5. The Morgan fingerprint density at radius 1 is 1.29 bits per heavy atom. The molecule has 2 heterocycles. The lowest BCUT2D eigenvalue weighted by atomic mass is 10.1. The first-order valence-corrected chi connectivity index (χ1v) is 9.21. The van der Waals surface area contributed by atoms with Gasteiger partial charge >= 0.3 is 0 Å². The van der Waals surface area contributed by atoms with E-state index in [1.54, 1.807) is 0 Å². The molecule has 0 unspecified atom stereocenters. The minimum atomic E-state index is 0.338. The van der Waals surface area contributed by atoms with E-state index < -0.39 is 0 Å². The molecular formula is C20H29N3O. The summed E-state index contributed by atoms with van der Waals surface area (Å²) in [5.74, 6) is 2.13. The van der Waals surface area contributed by atoms with Gasteiger partial charge in [-0.3, -0.25) is 4.90 Å². The predicted molar refractivity (Wildman–Crippen MR) is 97.3 cm³/mol. The van der Waals surface area contributed by atoms with Crippen LogP contribution in [0.15, 0.2) is 30.5 Å². The van der Waals surface area contributed by atoms with E-state index in [9.17, 15) is 0 Å². The maximum atomic E-state index is 6.14. The number of ether oxygens (including phenoxy) is 1. The lowest BCUT2D eigenvalue weighted by Crippen LogP contribution is -2.37. The van der Waals surface area contributed by atoms with Crippen molar-refractivity contribution >= 4 is 0 Å². The Bertz CT molecular complexity index is 629. The molecular weight excluding hydrogens is 298 g/mol. The second-order valence-corrected chi connectivity index (χ2v) is 6.87. The first-order chi connectivity index (χ1) is 11.7. The van der Waals surface area contributed by atoms with Crippen LogP contribution in [0.5, 0.6) is 5.75 Å². The smallest absolute Gasteiger partial charge is 0.119 e. The minimum Gasteiger partial charge on any atom is -0.490 e. The molecule has 1 fully saturated rings. The molecule has 130 valence electrons. The molecule has 2 aromatic rings. The average Bonchev–Trinajstić information content (AvgIpc) is 3.02. The Morgan fingerprint density at radius 2 is 2.12 bits per heavy atom. The van der Waals surface area contributed by atoms with Gasteiger partial charge in [0.2, 0.25) is 0 Å². The molecule has 0 radical (unpaired) electrons. The highest BCUT2D eigenvalue weighted by molar-refractivity contribution is 5.27. The van der Waals surface area contributed by atoms with Crippen LogP contribution in [-0.4, -0.2) is 34.1 Å². The van der Waals surface area contributed by atoms with Crippen molar-refractivity contribution in [2.75, 3.05) is 13.1 Å². The van der Waals surface area contributed by atoms with Crippen molar-refractivity contribution in [3.8, 4) is 5.75 Å². The van der Waals surface area contributed by atoms with E-state index in [1.807, 2.05) is 6.20 Å². The Kier molecular flexibility index (Phi) is 5.91. The van der Waals surface area contributed by atoms with E-state index in [0.717, 1.165) is 50.5 Å². The van der Waals surface area contributed by atoms with Crippen molar-refractivity contribution < 1.29 is 4.74 Å². The summed E-state index contributed by atoms with van der Waals surface area (Å²) in [6.45, 7) is 7.46. The number of rotatable bonds is 7. The fourth-order valence-corrected chi connectivity index (χ4v) is 3.26. The second kappa shape index (κ2) is 8.34. The third-order valence-corrected chi connectivity index (χ3v) is 4.67. The molecule has 3 rings (SSSR count). The number of imidazole rings is 1. The quantitative estimate of drug-likeness (QED) is 0.832. The summed E-state index contributed by atoms with van der Waals surface area (Å²) in [6, 6.07) is 8.35. The van der Waals surface area contributed by atoms with Gasteiger partial charge in [-0.05, 0) is 43.9 Å². The number of aromatic amines is 1. The SMILES string of the molecule is CCCCc1ncc(CN2CCC(Oc3cccc(C)c3)CC2)[nH]1.